The summed E-state index contributed by atoms with van der Waals surface area (Å²) in [5, 5.41) is 0.114. The molecule has 3 nitrogen and oxygen atoms in total. The normalized spacial score (nSPS) is 16.2. The molecule has 2 aromatic rings. The average molecular weight is 412 g/mol. The molecule has 3 rings (SSSR count). The van der Waals surface area contributed by atoms with Gasteiger partial charge in [0.1, 0.15) is 17.7 Å². The van der Waals surface area contributed by atoms with Crippen LogP contribution in [-0.2, 0) is 11.4 Å². The fraction of sp³-hybridized carbons (Fsp3) is 0.480. The Morgan fingerprint density at radius 2 is 1.83 bits per heavy atom. The number of nitrogens with zero attached hydrogens (tertiary/aromatic N) is 1. The van der Waals surface area contributed by atoms with E-state index in [1.54, 1.807) is 0 Å². The van der Waals surface area contributed by atoms with Crippen LogP contribution in [0.3, 0.4) is 0 Å². The number of benzene rings is 2. The number of rotatable bonds is 11. The highest BCUT2D eigenvalue weighted by Crippen LogP contribution is 2.39. The quantitative estimate of drug-likeness (QED) is 0.391. The van der Waals surface area contributed by atoms with Crippen molar-refractivity contribution in [3.8, 4) is 5.75 Å². The minimum Gasteiger partial charge on any atom is -0.489 e. The van der Waals surface area contributed by atoms with Gasteiger partial charge in [-0.3, -0.25) is 4.79 Å². The fourth-order valence-corrected chi connectivity index (χ4v) is 4.97. The van der Waals surface area contributed by atoms with Crippen LogP contribution in [0.15, 0.2) is 54.6 Å². The summed E-state index contributed by atoms with van der Waals surface area (Å²) in [5.74, 6) is 2.16. The second kappa shape index (κ2) is 11.9. The number of carbonyl (C=O) groups excluding carboxylic acids is 1. The van der Waals surface area contributed by atoms with E-state index in [2.05, 4.69) is 36.1 Å². The highest BCUT2D eigenvalue weighted by Gasteiger charge is 2.30. The minimum absolute atomic E-state index is 0.114. The van der Waals surface area contributed by atoms with Gasteiger partial charge >= 0.3 is 0 Å². The van der Waals surface area contributed by atoms with Gasteiger partial charge in [0.2, 0.25) is 5.91 Å². The van der Waals surface area contributed by atoms with Crippen molar-refractivity contribution >= 4 is 17.7 Å². The molecule has 1 unspecified atom stereocenters. The Kier molecular flexibility index (Phi) is 8.94. The van der Waals surface area contributed by atoms with E-state index in [4.69, 9.17) is 4.74 Å². The smallest absolute Gasteiger partial charge is 0.223 e. The zero-order valence-corrected chi connectivity index (χ0v) is 18.3. The molecule has 0 bridgehead atoms. The van der Waals surface area contributed by atoms with Crippen LogP contribution in [0.5, 0.6) is 5.75 Å². The standard InChI is InChI=1S/C25H33NO2S/c1-2-3-4-5-6-10-16-24(27)26-17-18-29-25(26)22-14-11-15-23(19-22)28-20-21-12-8-7-9-13-21/h7-9,11-15,19,25H,2-6,10,16-18,20H2,1H3. The van der Waals surface area contributed by atoms with Gasteiger partial charge < -0.3 is 9.64 Å². The maximum atomic E-state index is 12.8. The third kappa shape index (κ3) is 6.81. The van der Waals surface area contributed by atoms with Gasteiger partial charge in [0.25, 0.3) is 0 Å². The number of carbonyl (C=O) groups is 1. The van der Waals surface area contributed by atoms with Crippen LogP contribution in [-0.4, -0.2) is 23.1 Å². The molecule has 29 heavy (non-hydrogen) atoms. The first-order valence-electron chi connectivity index (χ1n) is 11.0. The summed E-state index contributed by atoms with van der Waals surface area (Å²) in [6, 6.07) is 18.4. The second-order valence-electron chi connectivity index (χ2n) is 7.67. The Morgan fingerprint density at radius 3 is 2.66 bits per heavy atom. The topological polar surface area (TPSA) is 29.5 Å². The SMILES string of the molecule is CCCCCCCCC(=O)N1CCSC1c1cccc(OCc2ccccc2)c1. The summed E-state index contributed by atoms with van der Waals surface area (Å²) >= 11 is 1.85. The number of amides is 1. The molecule has 1 amide bonds. The third-order valence-electron chi connectivity index (χ3n) is 5.35. The molecule has 2 aromatic carbocycles. The molecule has 1 heterocycles. The number of hydrogen-bond donors (Lipinski definition) is 0. The van der Waals surface area contributed by atoms with Gasteiger partial charge in [-0.1, -0.05) is 81.5 Å². The predicted molar refractivity (Wildman–Crippen MR) is 122 cm³/mol. The zero-order valence-electron chi connectivity index (χ0n) is 17.5. The molecule has 1 aliphatic rings. The minimum atomic E-state index is 0.114. The van der Waals surface area contributed by atoms with Gasteiger partial charge in [-0.25, -0.2) is 0 Å². The summed E-state index contributed by atoms with van der Waals surface area (Å²) in [6.07, 6.45) is 7.97. The lowest BCUT2D eigenvalue weighted by Crippen LogP contribution is -2.30. The summed E-state index contributed by atoms with van der Waals surface area (Å²) < 4.78 is 5.99. The van der Waals surface area contributed by atoms with E-state index in [9.17, 15) is 4.79 Å². The molecule has 0 aromatic heterocycles. The summed E-state index contributed by atoms with van der Waals surface area (Å²) in [4.78, 5) is 14.9. The Hall–Kier alpha value is -1.94. The van der Waals surface area contributed by atoms with Crippen molar-refractivity contribution in [3.05, 3.63) is 65.7 Å². The first-order valence-corrected chi connectivity index (χ1v) is 12.0. The van der Waals surface area contributed by atoms with Crippen LogP contribution in [0.25, 0.3) is 0 Å². The van der Waals surface area contributed by atoms with Crippen LogP contribution in [0, 0.1) is 0 Å². The van der Waals surface area contributed by atoms with E-state index in [0.29, 0.717) is 18.9 Å². The Labute approximate surface area is 179 Å². The molecule has 1 fully saturated rings. The van der Waals surface area contributed by atoms with Crippen LogP contribution in [0.4, 0.5) is 0 Å². The molecule has 0 saturated carbocycles. The van der Waals surface area contributed by atoms with Crippen LogP contribution in [0.1, 0.15) is 68.4 Å². The molecule has 0 aliphatic carbocycles. The van der Waals surface area contributed by atoms with Gasteiger partial charge in [0.05, 0.1) is 0 Å². The first kappa shape index (κ1) is 21.8. The number of thioether (sulfide) groups is 1. The Balaban J connectivity index is 1.52. The lowest BCUT2D eigenvalue weighted by molar-refractivity contribution is -0.131. The van der Waals surface area contributed by atoms with Crippen LogP contribution >= 0.6 is 11.8 Å². The number of ether oxygens (including phenoxy) is 1. The van der Waals surface area contributed by atoms with Gasteiger partial charge in [-0.15, -0.1) is 11.8 Å². The maximum absolute atomic E-state index is 12.8. The van der Waals surface area contributed by atoms with Crippen molar-refractivity contribution in [2.24, 2.45) is 0 Å². The second-order valence-corrected chi connectivity index (χ2v) is 8.86. The summed E-state index contributed by atoms with van der Waals surface area (Å²) in [7, 11) is 0. The Morgan fingerprint density at radius 1 is 1.03 bits per heavy atom. The Bertz CT molecular complexity index is 749. The van der Waals surface area contributed by atoms with Crippen molar-refractivity contribution in [2.75, 3.05) is 12.3 Å². The van der Waals surface area contributed by atoms with E-state index < -0.39 is 0 Å². The molecule has 0 N–H and O–H groups in total. The fourth-order valence-electron chi connectivity index (χ4n) is 3.70. The number of hydrogen-bond acceptors (Lipinski definition) is 3. The molecule has 4 heteroatoms. The average Bonchev–Trinajstić information content (AvgIpc) is 3.26. The predicted octanol–water partition coefficient (Wildman–Crippen LogP) is 6.59. The van der Waals surface area contributed by atoms with Crippen molar-refractivity contribution in [1.29, 1.82) is 0 Å². The molecule has 0 spiro atoms. The molecule has 1 aliphatic heterocycles. The monoisotopic (exact) mass is 411 g/mol. The number of unbranched alkanes of at least 4 members (excludes halogenated alkanes) is 5. The zero-order chi connectivity index (χ0) is 20.3. The third-order valence-corrected chi connectivity index (χ3v) is 6.61. The van der Waals surface area contributed by atoms with Gasteiger partial charge in [0, 0.05) is 18.7 Å². The molecule has 0 radical (unpaired) electrons. The molecule has 1 atom stereocenters. The highest BCUT2D eigenvalue weighted by molar-refractivity contribution is 7.99. The molecule has 156 valence electrons. The van der Waals surface area contributed by atoms with E-state index in [-0.39, 0.29) is 5.37 Å². The first-order chi connectivity index (χ1) is 14.3. The van der Waals surface area contributed by atoms with Crippen LogP contribution < -0.4 is 4.74 Å². The van der Waals surface area contributed by atoms with E-state index in [1.165, 1.54) is 32.1 Å². The van der Waals surface area contributed by atoms with E-state index in [1.807, 2.05) is 42.1 Å². The van der Waals surface area contributed by atoms with E-state index in [0.717, 1.165) is 35.6 Å². The van der Waals surface area contributed by atoms with Crippen molar-refractivity contribution in [2.45, 2.75) is 63.9 Å². The largest absolute Gasteiger partial charge is 0.489 e. The highest BCUT2D eigenvalue weighted by atomic mass is 32.2. The summed E-state index contributed by atoms with van der Waals surface area (Å²) in [5.41, 5.74) is 2.32. The molecular formula is C25H33NO2S. The van der Waals surface area contributed by atoms with Crippen molar-refractivity contribution in [1.82, 2.24) is 4.90 Å². The van der Waals surface area contributed by atoms with Crippen molar-refractivity contribution in [3.63, 3.8) is 0 Å². The lowest BCUT2D eigenvalue weighted by Gasteiger charge is -2.24. The van der Waals surface area contributed by atoms with Crippen molar-refractivity contribution < 1.29 is 9.53 Å². The van der Waals surface area contributed by atoms with Gasteiger partial charge in [-0.05, 0) is 29.7 Å². The van der Waals surface area contributed by atoms with Gasteiger partial charge in [-0.2, -0.15) is 0 Å². The molecular weight excluding hydrogens is 378 g/mol. The molecule has 1 saturated heterocycles. The lowest BCUT2D eigenvalue weighted by atomic mass is 10.1. The summed E-state index contributed by atoms with van der Waals surface area (Å²) in [6.45, 7) is 3.64. The van der Waals surface area contributed by atoms with Gasteiger partial charge in [0.15, 0.2) is 0 Å². The maximum Gasteiger partial charge on any atom is 0.223 e. The van der Waals surface area contributed by atoms with E-state index >= 15 is 0 Å². The van der Waals surface area contributed by atoms with Crippen LogP contribution in [0.2, 0.25) is 0 Å².